The van der Waals surface area contributed by atoms with Crippen LogP contribution in [0.2, 0.25) is 0 Å². The molecule has 27 heavy (non-hydrogen) atoms. The molecule has 0 aliphatic carbocycles. The van der Waals surface area contributed by atoms with Crippen LogP contribution in [0.5, 0.6) is 17.2 Å². The molecule has 0 atom stereocenters. The predicted octanol–water partition coefficient (Wildman–Crippen LogP) is 3.10. The number of methoxy groups -OCH3 is 2. The molecule has 0 heterocycles. The highest BCUT2D eigenvalue weighted by molar-refractivity contribution is 5.95. The Morgan fingerprint density at radius 3 is 2.48 bits per heavy atom. The molecule has 0 bridgehead atoms. The van der Waals surface area contributed by atoms with Crippen molar-refractivity contribution in [3.63, 3.8) is 0 Å². The number of alkyl halides is 2. The zero-order valence-corrected chi connectivity index (χ0v) is 14.5. The van der Waals surface area contributed by atoms with E-state index in [1.165, 1.54) is 26.4 Å². The average Bonchev–Trinajstić information content (AvgIpc) is 2.66. The molecule has 0 radical (unpaired) electrons. The summed E-state index contributed by atoms with van der Waals surface area (Å²) < 4.78 is 43.8. The number of ether oxygens (including phenoxy) is 4. The largest absolute Gasteiger partial charge is 0.497 e. The molecule has 1 N–H and O–H groups in total. The van der Waals surface area contributed by atoms with Crippen molar-refractivity contribution in [2.75, 3.05) is 26.1 Å². The Morgan fingerprint density at radius 2 is 1.81 bits per heavy atom. The van der Waals surface area contributed by atoms with Gasteiger partial charge in [0.05, 0.1) is 19.8 Å². The Morgan fingerprint density at radius 1 is 1.04 bits per heavy atom. The number of hydrogen-bond acceptors (Lipinski definition) is 6. The van der Waals surface area contributed by atoms with Crippen LogP contribution in [0.15, 0.2) is 42.5 Å². The maximum atomic E-state index is 12.3. The fourth-order valence-corrected chi connectivity index (χ4v) is 2.10. The Balaban J connectivity index is 1.95. The molecule has 1 amide bonds. The van der Waals surface area contributed by atoms with E-state index >= 15 is 0 Å². The summed E-state index contributed by atoms with van der Waals surface area (Å²) in [6.07, 6.45) is 0. The summed E-state index contributed by atoms with van der Waals surface area (Å²) in [7, 11) is 2.74. The zero-order valence-electron chi connectivity index (χ0n) is 14.5. The third-order valence-electron chi connectivity index (χ3n) is 3.30. The van der Waals surface area contributed by atoms with Crippen LogP contribution < -0.4 is 19.5 Å². The molecular weight excluding hydrogens is 364 g/mol. The molecule has 7 nitrogen and oxygen atoms in total. The first kappa shape index (κ1) is 20.0. The number of carbonyl (C=O) groups excluding carboxylic acids is 2. The Labute approximate surface area is 153 Å². The SMILES string of the molecule is COc1cccc(NC(=O)COC(=O)c2ccc(OC(F)F)c(OC)c2)c1. The first-order chi connectivity index (χ1) is 12.9. The van der Waals surface area contributed by atoms with Gasteiger partial charge in [-0.3, -0.25) is 4.79 Å². The maximum absolute atomic E-state index is 12.3. The molecule has 0 aromatic heterocycles. The van der Waals surface area contributed by atoms with Gasteiger partial charge in [-0.15, -0.1) is 0 Å². The minimum atomic E-state index is -3.03. The average molecular weight is 381 g/mol. The Hall–Kier alpha value is -3.36. The lowest BCUT2D eigenvalue weighted by atomic mass is 10.2. The van der Waals surface area contributed by atoms with E-state index in [9.17, 15) is 18.4 Å². The second-order valence-electron chi connectivity index (χ2n) is 5.10. The van der Waals surface area contributed by atoms with Crippen molar-refractivity contribution in [3.05, 3.63) is 48.0 Å². The molecule has 2 rings (SSSR count). The molecule has 0 saturated heterocycles. The Kier molecular flexibility index (Phi) is 6.93. The van der Waals surface area contributed by atoms with E-state index in [2.05, 4.69) is 10.1 Å². The molecule has 0 unspecified atom stereocenters. The van der Waals surface area contributed by atoms with E-state index in [4.69, 9.17) is 14.2 Å². The standard InChI is InChI=1S/C18H17F2NO6/c1-24-13-5-3-4-12(9-13)21-16(22)10-26-17(23)11-6-7-14(27-18(19)20)15(8-11)25-2/h3-9,18H,10H2,1-2H3,(H,21,22). The van der Waals surface area contributed by atoms with Crippen LogP contribution in [-0.2, 0) is 9.53 Å². The van der Waals surface area contributed by atoms with Crippen molar-refractivity contribution >= 4 is 17.6 Å². The lowest BCUT2D eigenvalue weighted by molar-refractivity contribution is -0.119. The van der Waals surface area contributed by atoms with Gasteiger partial charge >= 0.3 is 12.6 Å². The first-order valence-electron chi connectivity index (χ1n) is 7.67. The summed E-state index contributed by atoms with van der Waals surface area (Å²) in [5, 5.41) is 2.55. The van der Waals surface area contributed by atoms with Crippen molar-refractivity contribution in [3.8, 4) is 17.2 Å². The van der Waals surface area contributed by atoms with Crippen LogP contribution in [0.3, 0.4) is 0 Å². The van der Waals surface area contributed by atoms with E-state index in [-0.39, 0.29) is 17.1 Å². The van der Waals surface area contributed by atoms with Crippen molar-refractivity contribution in [2.45, 2.75) is 6.61 Å². The van der Waals surface area contributed by atoms with Crippen molar-refractivity contribution < 1.29 is 37.3 Å². The van der Waals surface area contributed by atoms with Gasteiger partial charge in [-0.2, -0.15) is 8.78 Å². The highest BCUT2D eigenvalue weighted by Gasteiger charge is 2.16. The quantitative estimate of drug-likeness (QED) is 0.708. The van der Waals surface area contributed by atoms with E-state index in [1.807, 2.05) is 0 Å². The van der Waals surface area contributed by atoms with Crippen LogP contribution in [0, 0.1) is 0 Å². The third kappa shape index (κ3) is 5.84. The van der Waals surface area contributed by atoms with Crippen molar-refractivity contribution in [1.82, 2.24) is 0 Å². The van der Waals surface area contributed by atoms with Gasteiger partial charge in [0, 0.05) is 11.8 Å². The van der Waals surface area contributed by atoms with Crippen LogP contribution in [0.4, 0.5) is 14.5 Å². The van der Waals surface area contributed by atoms with Crippen LogP contribution >= 0.6 is 0 Å². The minimum Gasteiger partial charge on any atom is -0.497 e. The van der Waals surface area contributed by atoms with Gasteiger partial charge in [-0.05, 0) is 30.3 Å². The van der Waals surface area contributed by atoms with E-state index < -0.39 is 25.1 Å². The summed E-state index contributed by atoms with van der Waals surface area (Å²) >= 11 is 0. The molecule has 0 aliphatic rings. The first-order valence-corrected chi connectivity index (χ1v) is 7.67. The number of halogens is 2. The van der Waals surface area contributed by atoms with Gasteiger partial charge in [0.1, 0.15) is 5.75 Å². The second kappa shape index (κ2) is 9.37. The molecule has 0 spiro atoms. The number of hydrogen-bond donors (Lipinski definition) is 1. The van der Waals surface area contributed by atoms with Gasteiger partial charge in [-0.1, -0.05) is 6.07 Å². The lowest BCUT2D eigenvalue weighted by Gasteiger charge is -2.11. The van der Waals surface area contributed by atoms with Gasteiger partial charge < -0.3 is 24.3 Å². The topological polar surface area (TPSA) is 83.1 Å². The normalized spacial score (nSPS) is 10.3. The lowest BCUT2D eigenvalue weighted by Crippen LogP contribution is -2.21. The summed E-state index contributed by atoms with van der Waals surface area (Å²) in [4.78, 5) is 23.9. The second-order valence-corrected chi connectivity index (χ2v) is 5.10. The molecule has 0 saturated carbocycles. The van der Waals surface area contributed by atoms with E-state index in [0.717, 1.165) is 6.07 Å². The highest BCUT2D eigenvalue weighted by Crippen LogP contribution is 2.29. The van der Waals surface area contributed by atoms with E-state index in [1.54, 1.807) is 24.3 Å². The number of benzene rings is 2. The summed E-state index contributed by atoms with van der Waals surface area (Å²) in [6.45, 7) is -3.56. The molecule has 9 heteroatoms. The number of anilines is 1. The summed E-state index contributed by atoms with van der Waals surface area (Å²) in [6, 6.07) is 10.2. The van der Waals surface area contributed by atoms with Crippen LogP contribution in [0.1, 0.15) is 10.4 Å². The van der Waals surface area contributed by atoms with Gasteiger partial charge in [-0.25, -0.2) is 4.79 Å². The molecule has 2 aromatic carbocycles. The number of esters is 1. The molecular formula is C18H17F2NO6. The highest BCUT2D eigenvalue weighted by atomic mass is 19.3. The zero-order chi connectivity index (χ0) is 19.8. The fraction of sp³-hybridized carbons (Fsp3) is 0.222. The number of carbonyl (C=O) groups is 2. The Bertz CT molecular complexity index is 812. The maximum Gasteiger partial charge on any atom is 0.387 e. The van der Waals surface area contributed by atoms with Gasteiger partial charge in [0.25, 0.3) is 5.91 Å². The van der Waals surface area contributed by atoms with Crippen molar-refractivity contribution in [2.24, 2.45) is 0 Å². The van der Waals surface area contributed by atoms with Gasteiger partial charge in [0.15, 0.2) is 18.1 Å². The smallest absolute Gasteiger partial charge is 0.387 e. The molecule has 0 aliphatic heterocycles. The number of nitrogens with one attached hydrogen (secondary N) is 1. The van der Waals surface area contributed by atoms with Crippen LogP contribution in [-0.4, -0.2) is 39.3 Å². The third-order valence-corrected chi connectivity index (χ3v) is 3.30. The molecule has 0 fully saturated rings. The molecule has 2 aromatic rings. The monoisotopic (exact) mass is 381 g/mol. The van der Waals surface area contributed by atoms with Crippen LogP contribution in [0.25, 0.3) is 0 Å². The van der Waals surface area contributed by atoms with Gasteiger partial charge in [0.2, 0.25) is 0 Å². The summed E-state index contributed by atoms with van der Waals surface area (Å²) in [5.41, 5.74) is 0.494. The van der Waals surface area contributed by atoms with Crippen molar-refractivity contribution in [1.29, 1.82) is 0 Å². The number of amides is 1. The molecule has 144 valence electrons. The predicted molar refractivity (Wildman–Crippen MR) is 91.5 cm³/mol. The fourth-order valence-electron chi connectivity index (χ4n) is 2.10. The summed E-state index contributed by atoms with van der Waals surface area (Å²) in [5.74, 6) is -1.10. The van der Waals surface area contributed by atoms with E-state index in [0.29, 0.717) is 11.4 Å². The minimum absolute atomic E-state index is 0.0163. The number of rotatable bonds is 8.